The first kappa shape index (κ1) is 24.6. The number of aromatic nitrogens is 7. The molecule has 0 atom stereocenters. The molecule has 1 aliphatic heterocycles. The summed E-state index contributed by atoms with van der Waals surface area (Å²) in [4.78, 5) is 48.0. The highest BCUT2D eigenvalue weighted by Crippen LogP contribution is 2.31. The number of amides is 2. The average molecular weight is 526 g/mol. The van der Waals surface area contributed by atoms with Crippen LogP contribution in [0, 0.1) is 6.92 Å². The van der Waals surface area contributed by atoms with Crippen molar-refractivity contribution in [3.63, 3.8) is 0 Å². The third kappa shape index (κ3) is 4.81. The number of imidazole rings is 1. The van der Waals surface area contributed by atoms with Gasteiger partial charge in [0.15, 0.2) is 17.1 Å². The third-order valence-corrected chi connectivity index (χ3v) is 6.80. The Morgan fingerprint density at radius 1 is 1.10 bits per heavy atom. The van der Waals surface area contributed by atoms with Gasteiger partial charge in [0.2, 0.25) is 11.8 Å². The molecule has 12 nitrogen and oxygen atoms in total. The van der Waals surface area contributed by atoms with E-state index < -0.39 is 0 Å². The smallest absolute Gasteiger partial charge is 0.227 e. The molecule has 5 aromatic rings. The van der Waals surface area contributed by atoms with Crippen LogP contribution in [0.4, 0.5) is 5.82 Å². The van der Waals surface area contributed by atoms with E-state index in [1.807, 2.05) is 30.0 Å². The highest BCUT2D eigenvalue weighted by molar-refractivity contribution is 5.95. The van der Waals surface area contributed by atoms with E-state index in [4.69, 9.17) is 14.7 Å². The van der Waals surface area contributed by atoms with Crippen molar-refractivity contribution in [3.8, 4) is 22.6 Å². The predicted molar refractivity (Wildman–Crippen MR) is 145 cm³/mol. The average Bonchev–Trinajstić information content (AvgIpc) is 3.58. The molecule has 1 saturated heterocycles. The number of hydrogen-bond donors (Lipinski definition) is 3. The summed E-state index contributed by atoms with van der Waals surface area (Å²) < 4.78 is 5.36. The molecule has 198 valence electrons. The van der Waals surface area contributed by atoms with E-state index in [0.717, 1.165) is 27.8 Å². The number of rotatable bonds is 6. The van der Waals surface area contributed by atoms with Crippen LogP contribution in [0.25, 0.3) is 44.8 Å². The van der Waals surface area contributed by atoms with E-state index >= 15 is 0 Å². The number of carbonyl (C=O) groups excluding carboxylic acids is 2. The van der Waals surface area contributed by atoms with E-state index in [9.17, 15) is 9.59 Å². The van der Waals surface area contributed by atoms with Crippen LogP contribution in [0.15, 0.2) is 36.7 Å². The Hall–Kier alpha value is -4.71. The molecule has 0 saturated carbocycles. The fourth-order valence-corrected chi connectivity index (χ4v) is 4.68. The quantitative estimate of drug-likeness (QED) is 0.306. The molecule has 1 fully saturated rings. The number of H-pyrrole nitrogens is 2. The summed E-state index contributed by atoms with van der Waals surface area (Å²) in [6.45, 7) is 6.02. The first-order valence-electron chi connectivity index (χ1n) is 12.8. The lowest BCUT2D eigenvalue weighted by Crippen LogP contribution is -2.41. The minimum atomic E-state index is -0.0912. The monoisotopic (exact) mass is 525 g/mol. The second-order valence-electron chi connectivity index (χ2n) is 9.35. The van der Waals surface area contributed by atoms with Gasteiger partial charge < -0.3 is 19.9 Å². The molecular formula is C27H27N9O3. The number of morpholine rings is 1. The van der Waals surface area contributed by atoms with E-state index in [0.29, 0.717) is 66.9 Å². The van der Waals surface area contributed by atoms with Crippen LogP contribution < -0.4 is 5.32 Å². The number of anilines is 1. The molecule has 2 amide bonds. The highest BCUT2D eigenvalue weighted by atomic mass is 16.5. The minimum Gasteiger partial charge on any atom is -0.378 e. The lowest BCUT2D eigenvalue weighted by molar-refractivity contribution is -0.134. The molecule has 6 rings (SSSR count). The van der Waals surface area contributed by atoms with Crippen molar-refractivity contribution in [2.75, 3.05) is 31.6 Å². The summed E-state index contributed by atoms with van der Waals surface area (Å²) in [6, 6.07) is 7.50. The van der Waals surface area contributed by atoms with Gasteiger partial charge in [0, 0.05) is 48.7 Å². The van der Waals surface area contributed by atoms with E-state index in [1.165, 1.54) is 0 Å². The topological polar surface area (TPSA) is 155 Å². The van der Waals surface area contributed by atoms with Crippen LogP contribution in [0.3, 0.4) is 0 Å². The SMILES string of the molecule is CCC(=O)Nc1ccc(-c2cc3c(-c4nc5c(CC(=O)N6CCOCC6)ccnc5[nH]4)n[nH]c3nc2C)cn1. The summed E-state index contributed by atoms with van der Waals surface area (Å²) >= 11 is 0. The molecule has 0 radical (unpaired) electrons. The second kappa shape index (κ2) is 10.2. The van der Waals surface area contributed by atoms with Gasteiger partial charge in [-0.3, -0.25) is 14.7 Å². The second-order valence-corrected chi connectivity index (χ2v) is 9.35. The first-order valence-corrected chi connectivity index (χ1v) is 12.8. The van der Waals surface area contributed by atoms with Crippen LogP contribution in [0.1, 0.15) is 24.6 Å². The molecule has 5 aromatic heterocycles. The van der Waals surface area contributed by atoms with Gasteiger partial charge in [-0.2, -0.15) is 5.10 Å². The molecule has 1 aliphatic rings. The number of ether oxygens (including phenoxy) is 1. The minimum absolute atomic E-state index is 0.0405. The zero-order valence-electron chi connectivity index (χ0n) is 21.6. The molecule has 0 bridgehead atoms. The number of fused-ring (bicyclic) bond motifs is 2. The number of carbonyl (C=O) groups is 2. The van der Waals surface area contributed by atoms with Crippen molar-refractivity contribution in [2.45, 2.75) is 26.7 Å². The van der Waals surface area contributed by atoms with Gasteiger partial charge in [-0.1, -0.05) is 6.92 Å². The van der Waals surface area contributed by atoms with Crippen molar-refractivity contribution in [1.82, 2.24) is 40.0 Å². The molecule has 0 aliphatic carbocycles. The van der Waals surface area contributed by atoms with Gasteiger partial charge in [-0.15, -0.1) is 0 Å². The molecule has 39 heavy (non-hydrogen) atoms. The maximum Gasteiger partial charge on any atom is 0.227 e. The van der Waals surface area contributed by atoms with Crippen LogP contribution in [0.2, 0.25) is 0 Å². The van der Waals surface area contributed by atoms with Crippen LogP contribution in [-0.2, 0) is 20.7 Å². The Bertz CT molecular complexity index is 1680. The Morgan fingerprint density at radius 2 is 1.95 bits per heavy atom. The highest BCUT2D eigenvalue weighted by Gasteiger charge is 2.21. The molecule has 0 aromatic carbocycles. The maximum atomic E-state index is 12.9. The number of nitrogens with zero attached hydrogens (tertiary/aromatic N) is 6. The van der Waals surface area contributed by atoms with E-state index in [2.05, 4.69) is 30.5 Å². The number of aromatic amines is 2. The Morgan fingerprint density at radius 3 is 2.72 bits per heavy atom. The zero-order valence-corrected chi connectivity index (χ0v) is 21.6. The lowest BCUT2D eigenvalue weighted by Gasteiger charge is -2.26. The largest absolute Gasteiger partial charge is 0.378 e. The van der Waals surface area contributed by atoms with Crippen molar-refractivity contribution in [1.29, 1.82) is 0 Å². The fourth-order valence-electron chi connectivity index (χ4n) is 4.68. The number of hydrogen-bond acceptors (Lipinski definition) is 8. The Balaban J connectivity index is 1.33. The van der Waals surface area contributed by atoms with Crippen molar-refractivity contribution >= 4 is 39.8 Å². The summed E-state index contributed by atoms with van der Waals surface area (Å²) in [5, 5.41) is 11.0. The molecule has 0 spiro atoms. The summed E-state index contributed by atoms with van der Waals surface area (Å²) in [7, 11) is 0. The Kier molecular flexibility index (Phi) is 6.45. The molecule has 6 heterocycles. The van der Waals surface area contributed by atoms with Gasteiger partial charge in [0.05, 0.1) is 25.0 Å². The molecule has 12 heteroatoms. The predicted octanol–water partition coefficient (Wildman–Crippen LogP) is 3.02. The van der Waals surface area contributed by atoms with Crippen molar-refractivity contribution < 1.29 is 14.3 Å². The van der Waals surface area contributed by atoms with Gasteiger partial charge >= 0.3 is 0 Å². The molecular weight excluding hydrogens is 498 g/mol. The lowest BCUT2D eigenvalue weighted by atomic mass is 10.0. The number of nitrogens with one attached hydrogen (secondary N) is 3. The normalized spacial score (nSPS) is 13.7. The van der Waals surface area contributed by atoms with Crippen molar-refractivity contribution in [2.24, 2.45) is 0 Å². The van der Waals surface area contributed by atoms with Gasteiger partial charge in [0.25, 0.3) is 0 Å². The van der Waals surface area contributed by atoms with E-state index in [1.54, 1.807) is 25.4 Å². The zero-order chi connectivity index (χ0) is 26.9. The number of aryl methyl sites for hydroxylation is 1. The van der Waals surface area contributed by atoms with Crippen LogP contribution >= 0.6 is 0 Å². The van der Waals surface area contributed by atoms with Crippen LogP contribution in [0.5, 0.6) is 0 Å². The van der Waals surface area contributed by atoms with Gasteiger partial charge in [0.1, 0.15) is 17.0 Å². The van der Waals surface area contributed by atoms with Crippen LogP contribution in [-0.4, -0.2) is 78.1 Å². The van der Waals surface area contributed by atoms with E-state index in [-0.39, 0.29) is 18.2 Å². The summed E-state index contributed by atoms with van der Waals surface area (Å²) in [5.74, 6) is 0.978. The fraction of sp³-hybridized carbons (Fsp3) is 0.296. The van der Waals surface area contributed by atoms with Gasteiger partial charge in [-0.25, -0.2) is 19.9 Å². The Labute approximate surface area is 223 Å². The first-order chi connectivity index (χ1) is 19.0. The number of pyridine rings is 3. The standard InChI is InChI=1S/C27H27N9O3/c1-3-21(37)31-20-5-4-17(14-29-20)18-13-19-24(34-35-25(19)30-15(18)2)27-32-23-16(6-7-28-26(23)33-27)12-22(38)36-8-10-39-11-9-36/h4-7,13-14H,3,8-12H2,1-2H3,(H,28,32,33)(H,29,31,37)(H,30,34,35). The summed E-state index contributed by atoms with van der Waals surface area (Å²) in [5.41, 5.74) is 5.80. The third-order valence-electron chi connectivity index (χ3n) is 6.80. The van der Waals surface area contributed by atoms with Gasteiger partial charge in [-0.05, 0) is 36.8 Å². The molecule has 3 N–H and O–H groups in total. The van der Waals surface area contributed by atoms with Crippen molar-refractivity contribution in [3.05, 3.63) is 47.9 Å². The summed E-state index contributed by atoms with van der Waals surface area (Å²) in [6.07, 6.45) is 4.01. The molecule has 0 unspecified atom stereocenters. The maximum absolute atomic E-state index is 12.9.